The van der Waals surface area contributed by atoms with E-state index in [1.165, 1.54) is 138 Å². The Morgan fingerprint density at radius 1 is 0.224 bits per heavy atom. The van der Waals surface area contributed by atoms with Gasteiger partial charge in [0, 0.05) is 40.3 Å². The Morgan fingerprint density at radius 2 is 0.534 bits per heavy atom. The second kappa shape index (κ2) is 11.4. The third kappa shape index (κ3) is 4.28. The van der Waals surface area contributed by atoms with E-state index < -0.39 is 0 Å². The van der Waals surface area contributed by atoms with Crippen LogP contribution in [0, 0.1) is 0 Å². The van der Waals surface area contributed by atoms with Crippen molar-refractivity contribution in [2.45, 2.75) is 0 Å². The first kappa shape index (κ1) is 31.3. The third-order valence-corrected chi connectivity index (χ3v) is 15.3. The van der Waals surface area contributed by atoms with Gasteiger partial charge in [-0.3, -0.25) is 0 Å². The van der Waals surface area contributed by atoms with E-state index in [1.807, 2.05) is 22.7 Å². The van der Waals surface area contributed by atoms with E-state index in [0.717, 1.165) is 0 Å². The van der Waals surface area contributed by atoms with Gasteiger partial charge in [-0.25, -0.2) is 0 Å². The van der Waals surface area contributed by atoms with Crippen LogP contribution in [0.3, 0.4) is 0 Å². The van der Waals surface area contributed by atoms with Crippen LogP contribution in [0.15, 0.2) is 182 Å². The fourth-order valence-electron chi connectivity index (χ4n) is 10.2. The molecular weight excluding hydrogens is 737 g/mol. The molecule has 0 nitrogen and oxygen atoms in total. The first-order valence-electron chi connectivity index (χ1n) is 20.0. The predicted octanol–water partition coefficient (Wildman–Crippen LogP) is 17.2. The van der Waals surface area contributed by atoms with Crippen LogP contribution in [-0.2, 0) is 0 Å². The van der Waals surface area contributed by atoms with Crippen LogP contribution in [0.4, 0.5) is 0 Å². The Kier molecular flexibility index (Phi) is 6.14. The van der Waals surface area contributed by atoms with Gasteiger partial charge in [0.25, 0.3) is 0 Å². The van der Waals surface area contributed by atoms with Crippen LogP contribution in [0.1, 0.15) is 0 Å². The number of hydrogen-bond acceptors (Lipinski definition) is 2. The summed E-state index contributed by atoms with van der Waals surface area (Å²) in [5.41, 5.74) is 7.62. The lowest BCUT2D eigenvalue weighted by Crippen LogP contribution is -1.87. The summed E-state index contributed by atoms with van der Waals surface area (Å²) in [5.74, 6) is 0. The summed E-state index contributed by atoms with van der Waals surface area (Å²) in [6.45, 7) is 0. The van der Waals surface area contributed by atoms with Crippen LogP contribution < -0.4 is 0 Å². The highest BCUT2D eigenvalue weighted by molar-refractivity contribution is 7.26. The average molecular weight is 767 g/mol. The van der Waals surface area contributed by atoms with E-state index in [-0.39, 0.29) is 0 Å². The normalized spacial score (nSPS) is 12.5. The molecule has 0 amide bonds. The summed E-state index contributed by atoms with van der Waals surface area (Å²) in [6, 6.07) is 69.1. The van der Waals surface area contributed by atoms with Crippen molar-refractivity contribution in [1.29, 1.82) is 0 Å². The highest BCUT2D eigenvalue weighted by Crippen LogP contribution is 2.45. The molecule has 0 aliphatic rings. The predicted molar refractivity (Wildman–Crippen MR) is 256 cm³/mol. The van der Waals surface area contributed by atoms with Crippen molar-refractivity contribution in [2.24, 2.45) is 0 Å². The van der Waals surface area contributed by atoms with E-state index in [9.17, 15) is 0 Å². The van der Waals surface area contributed by atoms with Crippen molar-refractivity contribution >= 4 is 128 Å². The number of rotatable bonds is 3. The SMILES string of the molecule is c1cc2ccc3ccc(-c4ccc5sc6ccc(-c7ccc8sc9ccc(-c%10ccc%11ccc%12cccc%13ccc%10c%11c%12%13)cc9c8c7)cc6c5c4)c4ccc(c1)c2c34. The zero-order valence-electron chi connectivity index (χ0n) is 31.1. The molecule has 0 spiro atoms. The molecule has 2 heterocycles. The summed E-state index contributed by atoms with van der Waals surface area (Å²) < 4.78 is 5.30. The molecule has 0 unspecified atom stereocenters. The maximum absolute atomic E-state index is 2.43. The van der Waals surface area contributed by atoms with Crippen LogP contribution in [0.2, 0.25) is 0 Å². The van der Waals surface area contributed by atoms with E-state index in [4.69, 9.17) is 0 Å². The van der Waals surface area contributed by atoms with Crippen molar-refractivity contribution in [3.63, 3.8) is 0 Å². The summed E-state index contributed by atoms with van der Waals surface area (Å²) >= 11 is 3.78. The van der Waals surface area contributed by atoms with Gasteiger partial charge in [0.15, 0.2) is 0 Å². The molecule has 2 heteroatoms. The minimum Gasteiger partial charge on any atom is -0.135 e. The molecule has 14 aromatic rings. The molecule has 2 aromatic heterocycles. The first-order chi connectivity index (χ1) is 28.7. The fourth-order valence-corrected chi connectivity index (χ4v) is 12.4. The van der Waals surface area contributed by atoms with E-state index in [2.05, 4.69) is 182 Å². The van der Waals surface area contributed by atoms with Gasteiger partial charge in [-0.05, 0) is 147 Å². The van der Waals surface area contributed by atoms with Crippen molar-refractivity contribution < 1.29 is 0 Å². The zero-order valence-corrected chi connectivity index (χ0v) is 32.8. The topological polar surface area (TPSA) is 0 Å². The Hall–Kier alpha value is -6.84. The van der Waals surface area contributed by atoms with Crippen LogP contribution >= 0.6 is 22.7 Å². The molecule has 12 aromatic carbocycles. The first-order valence-corrected chi connectivity index (χ1v) is 21.6. The van der Waals surface area contributed by atoms with Crippen molar-refractivity contribution in [1.82, 2.24) is 0 Å². The monoisotopic (exact) mass is 766 g/mol. The Morgan fingerprint density at radius 3 is 0.931 bits per heavy atom. The second-order valence-electron chi connectivity index (χ2n) is 16.0. The lowest BCUT2D eigenvalue weighted by Gasteiger charge is -2.14. The Bertz CT molecular complexity index is 3730. The molecule has 14 rings (SSSR count). The maximum atomic E-state index is 2.43. The Labute approximate surface area is 341 Å². The molecule has 266 valence electrons. The minimum absolute atomic E-state index is 1.25. The van der Waals surface area contributed by atoms with Crippen LogP contribution in [0.5, 0.6) is 0 Å². The maximum Gasteiger partial charge on any atom is 0.0355 e. The van der Waals surface area contributed by atoms with Gasteiger partial charge < -0.3 is 0 Å². The molecule has 0 fully saturated rings. The summed E-state index contributed by atoms with van der Waals surface area (Å²) in [6.07, 6.45) is 0. The Balaban J connectivity index is 0.901. The van der Waals surface area contributed by atoms with Gasteiger partial charge >= 0.3 is 0 Å². The van der Waals surface area contributed by atoms with E-state index in [0.29, 0.717) is 0 Å². The van der Waals surface area contributed by atoms with E-state index in [1.54, 1.807) is 0 Å². The lowest BCUT2D eigenvalue weighted by molar-refractivity contribution is 1.71. The number of benzene rings is 12. The number of thiophene rings is 2. The van der Waals surface area contributed by atoms with Gasteiger partial charge in [0.05, 0.1) is 0 Å². The van der Waals surface area contributed by atoms with Gasteiger partial charge in [0.2, 0.25) is 0 Å². The van der Waals surface area contributed by atoms with Crippen molar-refractivity contribution in [3.05, 3.63) is 182 Å². The van der Waals surface area contributed by atoms with Crippen LogP contribution in [0.25, 0.3) is 138 Å². The van der Waals surface area contributed by atoms with Crippen molar-refractivity contribution in [3.8, 4) is 33.4 Å². The second-order valence-corrected chi connectivity index (χ2v) is 18.2. The highest BCUT2D eigenvalue weighted by atomic mass is 32.1. The lowest BCUT2D eigenvalue weighted by atomic mass is 9.89. The standard InChI is InChI=1S/C56H30S2/c1-3-31-7-9-35-11-19-41(43-21-13-33(5-1)53(31)55(35)43)39-17-25-51-47(29-39)45-27-37(15-23-49(45)57-51)38-16-24-50-46(28-38)48-30-40(18-26-52(48)58-50)42-20-12-36-10-8-32-4-2-6-34-14-22-44(42)56(36)54(32)34/h1-30H. The number of hydrogen-bond donors (Lipinski definition) is 0. The van der Waals surface area contributed by atoms with E-state index >= 15 is 0 Å². The number of fused-ring (bicyclic) bond motifs is 6. The summed E-state index contributed by atoms with van der Waals surface area (Å²) in [4.78, 5) is 0. The third-order valence-electron chi connectivity index (χ3n) is 13.0. The molecule has 0 N–H and O–H groups in total. The molecule has 58 heavy (non-hydrogen) atoms. The fraction of sp³-hybridized carbons (Fsp3) is 0. The molecule has 0 atom stereocenters. The van der Waals surface area contributed by atoms with Crippen LogP contribution in [-0.4, -0.2) is 0 Å². The van der Waals surface area contributed by atoms with Gasteiger partial charge in [0.1, 0.15) is 0 Å². The molecule has 0 bridgehead atoms. The summed E-state index contributed by atoms with van der Waals surface area (Å²) in [7, 11) is 0. The molecular formula is C56H30S2. The average Bonchev–Trinajstić information content (AvgIpc) is 3.84. The quantitative estimate of drug-likeness (QED) is 0.157. The van der Waals surface area contributed by atoms with Crippen molar-refractivity contribution in [2.75, 3.05) is 0 Å². The van der Waals surface area contributed by atoms with Gasteiger partial charge in [-0.1, -0.05) is 133 Å². The molecule has 0 aliphatic heterocycles. The molecule has 0 saturated carbocycles. The molecule has 0 saturated heterocycles. The highest BCUT2D eigenvalue weighted by Gasteiger charge is 2.17. The molecule has 0 aliphatic carbocycles. The zero-order chi connectivity index (χ0) is 37.6. The van der Waals surface area contributed by atoms with Gasteiger partial charge in [-0.2, -0.15) is 0 Å². The molecule has 0 radical (unpaired) electrons. The largest absolute Gasteiger partial charge is 0.135 e. The summed E-state index contributed by atoms with van der Waals surface area (Å²) in [5, 5.41) is 21.2. The van der Waals surface area contributed by atoms with Gasteiger partial charge in [-0.15, -0.1) is 22.7 Å². The smallest absolute Gasteiger partial charge is 0.0355 e. The minimum atomic E-state index is 1.25.